The molecule has 0 spiro atoms. The van der Waals surface area contributed by atoms with E-state index in [0.717, 1.165) is 38.5 Å². The Hall–Kier alpha value is -1.79. The number of carbonyl (C=O) groups is 3. The number of carboxylic acid groups (broad SMARTS) is 1. The third-order valence-electron chi connectivity index (χ3n) is 4.87. The summed E-state index contributed by atoms with van der Waals surface area (Å²) in [6, 6.07) is 0.178. The molecule has 7 heteroatoms. The molecule has 0 aromatic rings. The number of aliphatic carboxylic acids is 1. The van der Waals surface area contributed by atoms with E-state index >= 15 is 0 Å². The van der Waals surface area contributed by atoms with Gasteiger partial charge in [-0.05, 0) is 32.1 Å². The fourth-order valence-corrected chi connectivity index (χ4v) is 3.66. The third kappa shape index (κ3) is 5.11. The second kappa shape index (κ2) is 8.89. The van der Waals surface area contributed by atoms with Gasteiger partial charge in [0.2, 0.25) is 5.91 Å². The summed E-state index contributed by atoms with van der Waals surface area (Å²) in [5, 5.41) is 12.1. The number of piperidine rings is 1. The van der Waals surface area contributed by atoms with Crippen LogP contribution in [0.3, 0.4) is 0 Å². The summed E-state index contributed by atoms with van der Waals surface area (Å²) >= 11 is 0. The van der Waals surface area contributed by atoms with Crippen molar-refractivity contribution in [1.82, 2.24) is 15.1 Å². The normalized spacial score (nSPS) is 21.5. The summed E-state index contributed by atoms with van der Waals surface area (Å²) in [5.74, 6) is -1.43. The molecule has 1 saturated heterocycles. The highest BCUT2D eigenvalue weighted by atomic mass is 16.4. The number of hydrogen-bond donors (Lipinski definition) is 2. The van der Waals surface area contributed by atoms with Crippen LogP contribution in [-0.2, 0) is 9.59 Å². The van der Waals surface area contributed by atoms with E-state index in [0.29, 0.717) is 26.1 Å². The molecular weight excluding hydrogens is 310 g/mol. The number of carboxylic acids is 1. The van der Waals surface area contributed by atoms with Gasteiger partial charge in [0.25, 0.3) is 0 Å². The maximum absolute atomic E-state index is 12.6. The first kappa shape index (κ1) is 18.5. The van der Waals surface area contributed by atoms with Crippen molar-refractivity contribution >= 4 is 17.9 Å². The van der Waals surface area contributed by atoms with Crippen molar-refractivity contribution in [2.45, 2.75) is 57.9 Å². The number of nitrogens with zero attached hydrogens (tertiary/aromatic N) is 2. The van der Waals surface area contributed by atoms with E-state index < -0.39 is 5.97 Å². The van der Waals surface area contributed by atoms with Gasteiger partial charge < -0.3 is 20.2 Å². The Balaban J connectivity index is 1.91. The fourth-order valence-electron chi connectivity index (χ4n) is 3.66. The summed E-state index contributed by atoms with van der Waals surface area (Å²) < 4.78 is 0. The van der Waals surface area contributed by atoms with Gasteiger partial charge in [0.05, 0.1) is 5.92 Å². The van der Waals surface area contributed by atoms with Crippen LogP contribution in [0.4, 0.5) is 4.79 Å². The molecule has 0 aromatic heterocycles. The second-order valence-corrected chi connectivity index (χ2v) is 6.87. The van der Waals surface area contributed by atoms with Crippen LogP contribution in [0, 0.1) is 5.92 Å². The molecule has 1 aliphatic carbocycles. The molecule has 136 valence electrons. The maximum Gasteiger partial charge on any atom is 0.323 e. The Labute approximate surface area is 143 Å². The molecule has 7 nitrogen and oxygen atoms in total. The highest BCUT2D eigenvalue weighted by Gasteiger charge is 2.32. The van der Waals surface area contributed by atoms with E-state index in [1.54, 1.807) is 4.90 Å². The van der Waals surface area contributed by atoms with Crippen LogP contribution in [0.15, 0.2) is 0 Å². The van der Waals surface area contributed by atoms with Gasteiger partial charge in [0, 0.05) is 25.7 Å². The van der Waals surface area contributed by atoms with Crippen molar-refractivity contribution < 1.29 is 19.5 Å². The van der Waals surface area contributed by atoms with Crippen LogP contribution in [0.2, 0.25) is 0 Å². The van der Waals surface area contributed by atoms with Gasteiger partial charge in [-0.25, -0.2) is 4.79 Å². The monoisotopic (exact) mass is 339 g/mol. The Morgan fingerprint density at radius 1 is 1.17 bits per heavy atom. The van der Waals surface area contributed by atoms with Crippen molar-refractivity contribution in [3.05, 3.63) is 0 Å². The van der Waals surface area contributed by atoms with Crippen LogP contribution < -0.4 is 5.32 Å². The predicted molar refractivity (Wildman–Crippen MR) is 89.6 cm³/mol. The minimum atomic E-state index is -0.997. The molecule has 2 rings (SSSR count). The highest BCUT2D eigenvalue weighted by Crippen LogP contribution is 2.21. The predicted octanol–water partition coefficient (Wildman–Crippen LogP) is 1.67. The van der Waals surface area contributed by atoms with Crippen LogP contribution >= 0.6 is 0 Å². The summed E-state index contributed by atoms with van der Waals surface area (Å²) in [4.78, 5) is 39.1. The lowest BCUT2D eigenvalue weighted by Gasteiger charge is -2.35. The van der Waals surface area contributed by atoms with Gasteiger partial charge in [-0.15, -0.1) is 0 Å². The Kier molecular flexibility index (Phi) is 6.87. The smallest absolute Gasteiger partial charge is 0.323 e. The van der Waals surface area contributed by atoms with Crippen molar-refractivity contribution in [2.24, 2.45) is 5.92 Å². The maximum atomic E-state index is 12.6. The van der Waals surface area contributed by atoms with Crippen LogP contribution in [-0.4, -0.2) is 65.0 Å². The zero-order valence-electron chi connectivity index (χ0n) is 14.5. The topological polar surface area (TPSA) is 90.0 Å². The number of hydrogen-bond acceptors (Lipinski definition) is 3. The molecule has 0 radical (unpaired) electrons. The molecule has 2 fully saturated rings. The average molecular weight is 339 g/mol. The van der Waals surface area contributed by atoms with Gasteiger partial charge in [-0.1, -0.05) is 19.8 Å². The van der Waals surface area contributed by atoms with Crippen molar-refractivity contribution in [3.8, 4) is 0 Å². The molecule has 1 atom stereocenters. The fraction of sp³-hybridized carbons (Fsp3) is 0.824. The molecule has 1 saturated carbocycles. The van der Waals surface area contributed by atoms with Gasteiger partial charge in [0.1, 0.15) is 6.54 Å². The number of urea groups is 1. The number of amides is 3. The number of nitrogens with one attached hydrogen (secondary N) is 1. The van der Waals surface area contributed by atoms with E-state index in [4.69, 9.17) is 5.11 Å². The van der Waals surface area contributed by atoms with E-state index in [2.05, 4.69) is 5.32 Å². The Bertz CT molecular complexity index is 463. The summed E-state index contributed by atoms with van der Waals surface area (Å²) in [6.07, 6.45) is 6.60. The van der Waals surface area contributed by atoms with E-state index in [9.17, 15) is 14.4 Å². The molecule has 0 bridgehead atoms. The third-order valence-corrected chi connectivity index (χ3v) is 4.87. The number of likely N-dealkylation sites (tertiary alicyclic amines) is 1. The molecule has 0 aromatic carbocycles. The highest BCUT2D eigenvalue weighted by molar-refractivity contribution is 5.84. The lowest BCUT2D eigenvalue weighted by atomic mass is 9.96. The molecular formula is C17H29N3O4. The first-order valence-electron chi connectivity index (χ1n) is 9.07. The summed E-state index contributed by atoms with van der Waals surface area (Å²) in [7, 11) is 0. The van der Waals surface area contributed by atoms with E-state index in [1.807, 2.05) is 6.92 Å². The van der Waals surface area contributed by atoms with E-state index in [-0.39, 0.29) is 30.4 Å². The van der Waals surface area contributed by atoms with Crippen molar-refractivity contribution in [1.29, 1.82) is 0 Å². The Morgan fingerprint density at radius 3 is 2.50 bits per heavy atom. The molecule has 1 unspecified atom stereocenters. The SMILES string of the molecule is CCCN(CC(=O)O)C(=O)C1CCCN(C(=O)NC2CCCC2)C1. The van der Waals surface area contributed by atoms with Crippen molar-refractivity contribution in [2.75, 3.05) is 26.2 Å². The van der Waals surface area contributed by atoms with Gasteiger partial charge >= 0.3 is 12.0 Å². The van der Waals surface area contributed by atoms with Gasteiger partial charge in [-0.2, -0.15) is 0 Å². The first-order chi connectivity index (χ1) is 11.5. The molecule has 2 N–H and O–H groups in total. The number of rotatable bonds is 6. The lowest BCUT2D eigenvalue weighted by molar-refractivity contribution is -0.147. The number of carbonyl (C=O) groups excluding carboxylic acids is 2. The largest absolute Gasteiger partial charge is 0.480 e. The van der Waals surface area contributed by atoms with Gasteiger partial charge in [0.15, 0.2) is 0 Å². The van der Waals surface area contributed by atoms with Gasteiger partial charge in [-0.3, -0.25) is 9.59 Å². The van der Waals surface area contributed by atoms with Crippen LogP contribution in [0.25, 0.3) is 0 Å². The summed E-state index contributed by atoms with van der Waals surface area (Å²) in [5.41, 5.74) is 0. The standard InChI is InChI=1S/C17H29N3O4/c1-2-9-19(12-15(21)22)16(23)13-6-5-10-20(11-13)17(24)18-14-7-3-4-8-14/h13-14H,2-12H2,1H3,(H,18,24)(H,21,22). The Morgan fingerprint density at radius 2 is 1.88 bits per heavy atom. The zero-order chi connectivity index (χ0) is 17.5. The van der Waals surface area contributed by atoms with Crippen LogP contribution in [0.1, 0.15) is 51.9 Å². The van der Waals surface area contributed by atoms with E-state index in [1.165, 1.54) is 4.90 Å². The van der Waals surface area contributed by atoms with Crippen LogP contribution in [0.5, 0.6) is 0 Å². The molecule has 2 aliphatic rings. The zero-order valence-corrected chi connectivity index (χ0v) is 14.5. The first-order valence-corrected chi connectivity index (χ1v) is 9.07. The molecule has 1 aliphatic heterocycles. The lowest BCUT2D eigenvalue weighted by Crippen LogP contribution is -2.51. The minimum absolute atomic E-state index is 0.0836. The van der Waals surface area contributed by atoms with Crippen molar-refractivity contribution in [3.63, 3.8) is 0 Å². The minimum Gasteiger partial charge on any atom is -0.480 e. The molecule has 3 amide bonds. The molecule has 24 heavy (non-hydrogen) atoms. The molecule has 1 heterocycles. The average Bonchev–Trinajstić information content (AvgIpc) is 3.06. The second-order valence-electron chi connectivity index (χ2n) is 6.87. The quantitative estimate of drug-likeness (QED) is 0.770. The summed E-state index contributed by atoms with van der Waals surface area (Å²) in [6.45, 7) is 3.14.